The fourth-order valence-corrected chi connectivity index (χ4v) is 2.17. The number of hydrogen-bond acceptors (Lipinski definition) is 3. The summed E-state index contributed by atoms with van der Waals surface area (Å²) in [6, 6.07) is 0. The van der Waals surface area contributed by atoms with E-state index in [1.54, 1.807) is 11.3 Å². The van der Waals surface area contributed by atoms with Gasteiger partial charge in [-0.15, -0.1) is 11.3 Å². The molecule has 2 nitrogen and oxygen atoms in total. The molecule has 0 unspecified atom stereocenters. The Labute approximate surface area is 85.7 Å². The number of rotatable bonds is 5. The minimum atomic E-state index is 1.01. The molecule has 0 aliphatic rings. The smallest absolute Gasteiger partial charge is 0.185 e. The SMILES string of the molecule is CCCN(CCBr)c1nccs1. The van der Waals surface area contributed by atoms with Crippen molar-refractivity contribution in [3.63, 3.8) is 0 Å². The highest BCUT2D eigenvalue weighted by Crippen LogP contribution is 2.17. The number of nitrogens with zero attached hydrogens (tertiary/aromatic N) is 2. The zero-order chi connectivity index (χ0) is 8.81. The molecule has 0 saturated heterocycles. The summed E-state index contributed by atoms with van der Waals surface area (Å²) in [7, 11) is 0. The summed E-state index contributed by atoms with van der Waals surface area (Å²) < 4.78 is 0. The van der Waals surface area contributed by atoms with E-state index >= 15 is 0 Å². The maximum atomic E-state index is 4.28. The van der Waals surface area contributed by atoms with Crippen molar-refractivity contribution in [3.05, 3.63) is 11.6 Å². The third kappa shape index (κ3) is 2.75. The minimum Gasteiger partial charge on any atom is -0.347 e. The zero-order valence-corrected chi connectivity index (χ0v) is 9.57. The van der Waals surface area contributed by atoms with Gasteiger partial charge in [-0.2, -0.15) is 0 Å². The largest absolute Gasteiger partial charge is 0.347 e. The number of hydrogen-bond donors (Lipinski definition) is 0. The van der Waals surface area contributed by atoms with E-state index in [0.717, 1.165) is 23.6 Å². The van der Waals surface area contributed by atoms with Crippen LogP contribution < -0.4 is 4.90 Å². The van der Waals surface area contributed by atoms with E-state index in [0.29, 0.717) is 0 Å². The van der Waals surface area contributed by atoms with Crippen LogP contribution in [0, 0.1) is 0 Å². The molecule has 1 aromatic heterocycles. The van der Waals surface area contributed by atoms with Gasteiger partial charge in [0.15, 0.2) is 5.13 Å². The third-order valence-corrected chi connectivity index (χ3v) is 2.72. The molecular formula is C8H13BrN2S. The standard InChI is InChI=1S/C8H13BrN2S/c1-2-5-11(6-3-9)8-10-4-7-12-8/h4,7H,2-3,5-6H2,1H3. The van der Waals surface area contributed by atoms with Crippen molar-refractivity contribution in [2.75, 3.05) is 23.3 Å². The lowest BCUT2D eigenvalue weighted by atomic mass is 10.4. The fourth-order valence-electron chi connectivity index (χ4n) is 1.05. The summed E-state index contributed by atoms with van der Waals surface area (Å²) in [5.74, 6) is 0. The van der Waals surface area contributed by atoms with E-state index < -0.39 is 0 Å². The fraction of sp³-hybridized carbons (Fsp3) is 0.625. The van der Waals surface area contributed by atoms with Crippen LogP contribution in [0.1, 0.15) is 13.3 Å². The topological polar surface area (TPSA) is 16.1 Å². The molecule has 0 amide bonds. The summed E-state index contributed by atoms with van der Waals surface area (Å²) in [6.45, 7) is 4.33. The van der Waals surface area contributed by atoms with Gasteiger partial charge in [-0.1, -0.05) is 22.9 Å². The Morgan fingerprint density at radius 3 is 2.92 bits per heavy atom. The van der Waals surface area contributed by atoms with Crippen LogP contribution in [0.4, 0.5) is 5.13 Å². The maximum absolute atomic E-state index is 4.28. The number of aromatic nitrogens is 1. The monoisotopic (exact) mass is 248 g/mol. The van der Waals surface area contributed by atoms with Crippen molar-refractivity contribution in [3.8, 4) is 0 Å². The number of alkyl halides is 1. The molecule has 12 heavy (non-hydrogen) atoms. The van der Waals surface area contributed by atoms with Crippen LogP contribution in [0.5, 0.6) is 0 Å². The molecule has 0 atom stereocenters. The number of anilines is 1. The lowest BCUT2D eigenvalue weighted by molar-refractivity contribution is 0.794. The summed E-state index contributed by atoms with van der Waals surface area (Å²) in [5, 5.41) is 4.16. The second-order valence-corrected chi connectivity index (χ2v) is 4.16. The van der Waals surface area contributed by atoms with E-state index in [9.17, 15) is 0 Å². The van der Waals surface area contributed by atoms with Crippen LogP contribution in [0.2, 0.25) is 0 Å². The quantitative estimate of drug-likeness (QED) is 0.746. The van der Waals surface area contributed by atoms with Crippen LogP contribution in [0.25, 0.3) is 0 Å². The van der Waals surface area contributed by atoms with Gasteiger partial charge in [0.25, 0.3) is 0 Å². The molecule has 0 aliphatic heterocycles. The molecule has 1 heterocycles. The van der Waals surface area contributed by atoms with E-state index in [1.165, 1.54) is 6.42 Å². The molecule has 0 radical (unpaired) electrons. The van der Waals surface area contributed by atoms with Crippen LogP contribution >= 0.6 is 27.3 Å². The molecule has 0 fully saturated rings. The molecule has 4 heteroatoms. The zero-order valence-electron chi connectivity index (χ0n) is 7.16. The summed E-state index contributed by atoms with van der Waals surface area (Å²) in [4.78, 5) is 6.58. The second-order valence-electron chi connectivity index (χ2n) is 2.49. The average Bonchev–Trinajstić information content (AvgIpc) is 2.56. The Bertz CT molecular complexity index is 195. The van der Waals surface area contributed by atoms with Crippen LogP contribution in [-0.4, -0.2) is 23.4 Å². The summed E-state index contributed by atoms with van der Waals surface area (Å²) in [6.07, 6.45) is 3.03. The van der Waals surface area contributed by atoms with Gasteiger partial charge in [-0.05, 0) is 6.42 Å². The van der Waals surface area contributed by atoms with E-state index in [-0.39, 0.29) is 0 Å². The van der Waals surface area contributed by atoms with Crippen molar-refractivity contribution in [2.45, 2.75) is 13.3 Å². The molecular weight excluding hydrogens is 236 g/mol. The van der Waals surface area contributed by atoms with E-state index in [1.807, 2.05) is 11.6 Å². The van der Waals surface area contributed by atoms with Crippen molar-refractivity contribution in [1.29, 1.82) is 0 Å². The molecule has 0 aromatic carbocycles. The van der Waals surface area contributed by atoms with Crippen molar-refractivity contribution >= 4 is 32.4 Å². The van der Waals surface area contributed by atoms with Crippen molar-refractivity contribution < 1.29 is 0 Å². The molecule has 68 valence electrons. The minimum absolute atomic E-state index is 1.01. The number of thiazole rings is 1. The molecule has 0 N–H and O–H groups in total. The molecule has 1 aromatic rings. The van der Waals surface area contributed by atoms with Gasteiger partial charge in [0.1, 0.15) is 0 Å². The Hall–Kier alpha value is -0.0900. The molecule has 0 bridgehead atoms. The van der Waals surface area contributed by atoms with Gasteiger partial charge in [-0.25, -0.2) is 4.98 Å². The summed E-state index contributed by atoms with van der Waals surface area (Å²) >= 11 is 5.15. The molecule has 0 saturated carbocycles. The lowest BCUT2D eigenvalue weighted by Gasteiger charge is -2.19. The average molecular weight is 249 g/mol. The predicted molar refractivity (Wildman–Crippen MR) is 58.4 cm³/mol. The predicted octanol–water partition coefficient (Wildman–Crippen LogP) is 2.75. The van der Waals surface area contributed by atoms with Crippen LogP contribution in [-0.2, 0) is 0 Å². The maximum Gasteiger partial charge on any atom is 0.185 e. The first-order valence-corrected chi connectivity index (χ1v) is 6.09. The molecule has 0 spiro atoms. The van der Waals surface area contributed by atoms with Crippen molar-refractivity contribution in [1.82, 2.24) is 4.98 Å². The normalized spacial score (nSPS) is 10.2. The third-order valence-electron chi connectivity index (χ3n) is 1.54. The Morgan fingerprint density at radius 1 is 1.58 bits per heavy atom. The van der Waals surface area contributed by atoms with Gasteiger partial charge in [0.05, 0.1) is 0 Å². The second kappa shape index (κ2) is 5.54. The van der Waals surface area contributed by atoms with Gasteiger partial charge >= 0.3 is 0 Å². The highest BCUT2D eigenvalue weighted by Gasteiger charge is 2.05. The van der Waals surface area contributed by atoms with Gasteiger partial charge in [0.2, 0.25) is 0 Å². The van der Waals surface area contributed by atoms with Crippen LogP contribution in [0.3, 0.4) is 0 Å². The Morgan fingerprint density at radius 2 is 2.42 bits per heavy atom. The first-order valence-electron chi connectivity index (χ1n) is 4.09. The van der Waals surface area contributed by atoms with Gasteiger partial charge < -0.3 is 4.90 Å². The summed E-state index contributed by atoms with van der Waals surface area (Å²) in [5.41, 5.74) is 0. The van der Waals surface area contributed by atoms with Gasteiger partial charge in [-0.3, -0.25) is 0 Å². The number of halogens is 1. The van der Waals surface area contributed by atoms with Gasteiger partial charge in [0, 0.05) is 30.0 Å². The van der Waals surface area contributed by atoms with E-state index in [4.69, 9.17) is 0 Å². The van der Waals surface area contributed by atoms with Crippen LogP contribution in [0.15, 0.2) is 11.6 Å². The Balaban J connectivity index is 2.53. The first kappa shape index (κ1) is 9.99. The molecule has 0 aliphatic carbocycles. The highest BCUT2D eigenvalue weighted by molar-refractivity contribution is 9.09. The van der Waals surface area contributed by atoms with Crippen molar-refractivity contribution in [2.24, 2.45) is 0 Å². The molecule has 1 rings (SSSR count). The van der Waals surface area contributed by atoms with E-state index in [2.05, 4.69) is 32.7 Å². The first-order chi connectivity index (χ1) is 5.88. The highest BCUT2D eigenvalue weighted by atomic mass is 79.9. The Kier molecular flexibility index (Phi) is 4.61. The lowest BCUT2D eigenvalue weighted by Crippen LogP contribution is -2.25.